The summed E-state index contributed by atoms with van der Waals surface area (Å²) in [5.74, 6) is 0.391. The molecule has 3 aliphatic heterocycles. The molecule has 3 amide bonds. The minimum Gasteiger partial charge on any atom is -0.349 e. The van der Waals surface area contributed by atoms with Crippen LogP contribution in [0.15, 0.2) is 47.7 Å². The summed E-state index contributed by atoms with van der Waals surface area (Å²) in [6.07, 6.45) is 8.55. The molecule has 0 fully saturated rings. The SMILES string of the molecule is C/C=C/C=C/C(=O)N1CC2=C(C1)CN(C(=O)c1cnc3c(c1)NC(=O)CN3C)C2. The van der Waals surface area contributed by atoms with Gasteiger partial charge in [-0.2, -0.15) is 0 Å². The van der Waals surface area contributed by atoms with E-state index in [4.69, 9.17) is 0 Å². The van der Waals surface area contributed by atoms with E-state index in [0.717, 1.165) is 11.1 Å². The van der Waals surface area contributed by atoms with Crippen molar-refractivity contribution in [1.29, 1.82) is 0 Å². The number of carbonyl (C=O) groups is 3. The van der Waals surface area contributed by atoms with E-state index in [2.05, 4.69) is 10.3 Å². The Balaban J connectivity index is 1.40. The zero-order chi connectivity index (χ0) is 20.5. The van der Waals surface area contributed by atoms with Crippen LogP contribution in [0.4, 0.5) is 11.5 Å². The first kappa shape index (κ1) is 18.9. The Bertz CT molecular complexity index is 961. The summed E-state index contributed by atoms with van der Waals surface area (Å²) < 4.78 is 0. The summed E-state index contributed by atoms with van der Waals surface area (Å²) in [6, 6.07) is 1.68. The number of nitrogens with zero attached hydrogens (tertiary/aromatic N) is 4. The summed E-state index contributed by atoms with van der Waals surface area (Å²) >= 11 is 0. The Morgan fingerprint density at radius 3 is 2.45 bits per heavy atom. The zero-order valence-corrected chi connectivity index (χ0v) is 16.5. The molecular formula is C21H23N5O3. The first-order valence-electron chi connectivity index (χ1n) is 9.54. The number of nitrogens with one attached hydrogen (secondary N) is 1. The summed E-state index contributed by atoms with van der Waals surface area (Å²) in [5, 5.41) is 2.78. The maximum Gasteiger partial charge on any atom is 0.256 e. The third-order valence-corrected chi connectivity index (χ3v) is 5.30. The second-order valence-electron chi connectivity index (χ2n) is 7.45. The minimum absolute atomic E-state index is 0.0193. The molecule has 0 saturated carbocycles. The predicted molar refractivity (Wildman–Crippen MR) is 110 cm³/mol. The van der Waals surface area contributed by atoms with Crippen LogP contribution in [0.2, 0.25) is 0 Å². The largest absolute Gasteiger partial charge is 0.349 e. The van der Waals surface area contributed by atoms with Gasteiger partial charge in [0, 0.05) is 45.5 Å². The quantitative estimate of drug-likeness (QED) is 0.474. The van der Waals surface area contributed by atoms with E-state index < -0.39 is 0 Å². The molecule has 0 radical (unpaired) electrons. The molecule has 8 nitrogen and oxygen atoms in total. The normalized spacial score (nSPS) is 18.7. The molecule has 0 aromatic carbocycles. The van der Waals surface area contributed by atoms with Crippen LogP contribution in [-0.4, -0.2) is 72.3 Å². The first-order chi connectivity index (χ1) is 14.0. The van der Waals surface area contributed by atoms with Gasteiger partial charge in [0.05, 0.1) is 17.8 Å². The second-order valence-corrected chi connectivity index (χ2v) is 7.45. The molecule has 0 aliphatic carbocycles. The average Bonchev–Trinajstić information content (AvgIpc) is 3.26. The van der Waals surface area contributed by atoms with Crippen LogP contribution in [0.1, 0.15) is 17.3 Å². The van der Waals surface area contributed by atoms with Gasteiger partial charge in [-0.25, -0.2) is 4.98 Å². The fourth-order valence-electron chi connectivity index (χ4n) is 3.87. The summed E-state index contributed by atoms with van der Waals surface area (Å²) in [4.78, 5) is 46.6. The number of likely N-dealkylation sites (N-methyl/N-ethyl adjacent to an activating group) is 1. The van der Waals surface area contributed by atoms with Gasteiger partial charge in [0.2, 0.25) is 11.8 Å². The maximum absolute atomic E-state index is 13.0. The van der Waals surface area contributed by atoms with Crippen molar-refractivity contribution in [2.45, 2.75) is 6.92 Å². The van der Waals surface area contributed by atoms with E-state index in [1.165, 1.54) is 0 Å². The van der Waals surface area contributed by atoms with Gasteiger partial charge in [-0.1, -0.05) is 18.2 Å². The highest BCUT2D eigenvalue weighted by molar-refractivity contribution is 6.03. The Kier molecular flexibility index (Phi) is 4.92. The lowest BCUT2D eigenvalue weighted by molar-refractivity contribution is -0.125. The third kappa shape index (κ3) is 3.65. The number of anilines is 2. The van der Waals surface area contributed by atoms with Gasteiger partial charge in [0.15, 0.2) is 5.82 Å². The van der Waals surface area contributed by atoms with Gasteiger partial charge in [-0.3, -0.25) is 14.4 Å². The fraction of sp³-hybridized carbons (Fsp3) is 0.333. The Labute approximate surface area is 169 Å². The number of fused-ring (bicyclic) bond motifs is 1. The van der Waals surface area contributed by atoms with Crippen molar-refractivity contribution in [3.63, 3.8) is 0 Å². The van der Waals surface area contributed by atoms with Crippen molar-refractivity contribution in [3.8, 4) is 0 Å². The molecule has 150 valence electrons. The minimum atomic E-state index is -0.124. The highest BCUT2D eigenvalue weighted by Gasteiger charge is 2.34. The van der Waals surface area contributed by atoms with Crippen molar-refractivity contribution in [2.24, 2.45) is 0 Å². The number of rotatable bonds is 3. The first-order valence-corrected chi connectivity index (χ1v) is 9.54. The van der Waals surface area contributed by atoms with E-state index in [1.807, 2.05) is 19.1 Å². The van der Waals surface area contributed by atoms with Crippen LogP contribution >= 0.6 is 0 Å². The number of hydrogen-bond donors (Lipinski definition) is 1. The molecule has 29 heavy (non-hydrogen) atoms. The van der Waals surface area contributed by atoms with Gasteiger partial charge in [-0.15, -0.1) is 0 Å². The van der Waals surface area contributed by atoms with Crippen LogP contribution in [0.5, 0.6) is 0 Å². The second kappa shape index (κ2) is 7.54. The topological polar surface area (TPSA) is 85.9 Å². The van der Waals surface area contributed by atoms with E-state index in [1.54, 1.807) is 46.2 Å². The molecule has 8 heteroatoms. The molecule has 0 atom stereocenters. The van der Waals surface area contributed by atoms with E-state index in [0.29, 0.717) is 43.2 Å². The van der Waals surface area contributed by atoms with E-state index in [-0.39, 0.29) is 24.3 Å². The van der Waals surface area contributed by atoms with Gasteiger partial charge in [0.25, 0.3) is 5.91 Å². The van der Waals surface area contributed by atoms with Crippen molar-refractivity contribution in [1.82, 2.24) is 14.8 Å². The smallest absolute Gasteiger partial charge is 0.256 e. The van der Waals surface area contributed by atoms with Gasteiger partial charge < -0.3 is 20.0 Å². The van der Waals surface area contributed by atoms with Crippen LogP contribution in [0.3, 0.4) is 0 Å². The fourth-order valence-corrected chi connectivity index (χ4v) is 3.87. The number of aromatic nitrogens is 1. The number of amides is 3. The zero-order valence-electron chi connectivity index (χ0n) is 16.5. The summed E-state index contributed by atoms with van der Waals surface area (Å²) in [6.45, 7) is 4.29. The number of hydrogen-bond acceptors (Lipinski definition) is 5. The Hall–Kier alpha value is -3.42. The molecule has 3 aliphatic rings. The highest BCUT2D eigenvalue weighted by Crippen LogP contribution is 2.30. The molecule has 0 bridgehead atoms. The van der Waals surface area contributed by atoms with E-state index in [9.17, 15) is 14.4 Å². The van der Waals surface area contributed by atoms with Crippen LogP contribution in [-0.2, 0) is 9.59 Å². The highest BCUT2D eigenvalue weighted by atomic mass is 16.2. The molecule has 1 aromatic heterocycles. The Morgan fingerprint density at radius 1 is 1.07 bits per heavy atom. The van der Waals surface area contributed by atoms with E-state index >= 15 is 0 Å². The monoisotopic (exact) mass is 393 g/mol. The molecule has 0 spiro atoms. The molecule has 4 heterocycles. The molecule has 1 aromatic rings. The molecule has 1 N–H and O–H groups in total. The number of allylic oxidation sites excluding steroid dienone is 3. The lowest BCUT2D eigenvalue weighted by Gasteiger charge is -2.27. The lowest BCUT2D eigenvalue weighted by Crippen LogP contribution is -2.37. The van der Waals surface area contributed by atoms with Crippen LogP contribution < -0.4 is 10.2 Å². The van der Waals surface area contributed by atoms with Gasteiger partial charge >= 0.3 is 0 Å². The maximum atomic E-state index is 13.0. The number of carbonyl (C=O) groups excluding carboxylic acids is 3. The van der Waals surface area contributed by atoms with Crippen molar-refractivity contribution in [3.05, 3.63) is 53.3 Å². The van der Waals surface area contributed by atoms with Crippen molar-refractivity contribution in [2.75, 3.05) is 50.0 Å². The molecular weight excluding hydrogens is 370 g/mol. The van der Waals surface area contributed by atoms with Crippen molar-refractivity contribution >= 4 is 29.2 Å². The van der Waals surface area contributed by atoms with Crippen LogP contribution in [0.25, 0.3) is 0 Å². The van der Waals surface area contributed by atoms with Crippen molar-refractivity contribution < 1.29 is 14.4 Å². The molecule has 0 saturated heterocycles. The number of pyridine rings is 1. The van der Waals surface area contributed by atoms with Crippen LogP contribution in [0, 0.1) is 0 Å². The lowest BCUT2D eigenvalue weighted by atomic mass is 10.2. The average molecular weight is 393 g/mol. The van der Waals surface area contributed by atoms with Gasteiger partial charge in [-0.05, 0) is 24.1 Å². The van der Waals surface area contributed by atoms with Gasteiger partial charge in [0.1, 0.15) is 0 Å². The Morgan fingerprint density at radius 2 is 1.76 bits per heavy atom. The molecule has 4 rings (SSSR count). The standard InChI is InChI=1S/C21H23N5O3/c1-3-4-5-6-19(28)25-9-15-11-26(12-16(15)10-25)21(29)14-7-17-20(22-8-14)24(2)13-18(27)23-17/h3-8H,9-13H2,1-2H3,(H,23,27)/b4-3+,6-5+. The summed E-state index contributed by atoms with van der Waals surface area (Å²) in [5.41, 5.74) is 3.26. The molecule has 0 unspecified atom stereocenters. The third-order valence-electron chi connectivity index (χ3n) is 5.30. The predicted octanol–water partition coefficient (Wildman–Crippen LogP) is 1.20. The summed E-state index contributed by atoms with van der Waals surface area (Å²) in [7, 11) is 1.79.